The van der Waals surface area contributed by atoms with Gasteiger partial charge in [-0.05, 0) is 74.3 Å². The summed E-state index contributed by atoms with van der Waals surface area (Å²) in [6, 6.07) is 4.28. The minimum Gasteiger partial charge on any atom is -0.344 e. The molecule has 4 fully saturated rings. The molecule has 156 valence electrons. The maximum atomic E-state index is 13.3. The van der Waals surface area contributed by atoms with Crippen molar-refractivity contribution < 1.29 is 14.4 Å². The zero-order chi connectivity index (χ0) is 20.6. The number of nitrogens with zero attached hydrogens (tertiary/aromatic N) is 1. The van der Waals surface area contributed by atoms with Crippen LogP contribution in [0.5, 0.6) is 0 Å². The van der Waals surface area contributed by atoms with Crippen LogP contribution in [-0.2, 0) is 9.59 Å². The molecule has 4 bridgehead atoms. The molecule has 3 amide bonds. The van der Waals surface area contributed by atoms with E-state index in [0.717, 1.165) is 19.3 Å². The highest BCUT2D eigenvalue weighted by Gasteiger charge is 2.55. The van der Waals surface area contributed by atoms with Crippen LogP contribution >= 0.6 is 0 Å². The van der Waals surface area contributed by atoms with Gasteiger partial charge >= 0.3 is 0 Å². The second kappa shape index (κ2) is 7.76. The van der Waals surface area contributed by atoms with Gasteiger partial charge in [-0.3, -0.25) is 30.2 Å². The van der Waals surface area contributed by atoms with Crippen LogP contribution in [-0.4, -0.2) is 28.7 Å². The van der Waals surface area contributed by atoms with E-state index in [-0.39, 0.29) is 22.9 Å². The van der Waals surface area contributed by atoms with E-state index in [1.165, 1.54) is 25.5 Å². The van der Waals surface area contributed by atoms with Gasteiger partial charge in [-0.2, -0.15) is 0 Å². The average molecular weight is 399 g/mol. The van der Waals surface area contributed by atoms with Crippen molar-refractivity contribution in [3.05, 3.63) is 30.1 Å². The highest BCUT2D eigenvalue weighted by atomic mass is 16.2. The third-order valence-electron chi connectivity index (χ3n) is 6.95. The number of carbonyl (C=O) groups excluding carboxylic acids is 3. The van der Waals surface area contributed by atoms with E-state index >= 15 is 0 Å². The molecule has 0 aliphatic heterocycles. The molecule has 0 unspecified atom stereocenters. The Kier molecular flexibility index (Phi) is 5.32. The van der Waals surface area contributed by atoms with Crippen molar-refractivity contribution in [2.24, 2.45) is 29.1 Å². The maximum Gasteiger partial charge on any atom is 0.288 e. The summed E-state index contributed by atoms with van der Waals surface area (Å²) in [4.78, 5) is 42.1. The van der Waals surface area contributed by atoms with Crippen LogP contribution in [0.3, 0.4) is 0 Å². The van der Waals surface area contributed by atoms with Crippen molar-refractivity contribution in [3.8, 4) is 0 Å². The summed E-state index contributed by atoms with van der Waals surface area (Å²) in [6.45, 7) is 3.79. The number of aromatic nitrogens is 1. The molecule has 0 saturated heterocycles. The molecule has 4 saturated carbocycles. The lowest BCUT2D eigenvalue weighted by atomic mass is 9.49. The SMILES string of the molecule is CC(C)[C@@H](NC(=O)C12CC3CC(CC(C3)C1)C2)C(=O)NNC(=O)c1ccccn1. The minimum absolute atomic E-state index is 0.0153. The summed E-state index contributed by atoms with van der Waals surface area (Å²) in [5.74, 6) is 1.00. The van der Waals surface area contributed by atoms with Crippen LogP contribution in [0.25, 0.3) is 0 Å². The van der Waals surface area contributed by atoms with E-state index in [1.54, 1.807) is 18.2 Å². The van der Waals surface area contributed by atoms with Crippen molar-refractivity contribution in [1.82, 2.24) is 21.2 Å². The normalized spacial score (nSPS) is 30.7. The lowest BCUT2D eigenvalue weighted by Gasteiger charge is -2.55. The fourth-order valence-corrected chi connectivity index (χ4v) is 5.98. The molecule has 3 N–H and O–H groups in total. The van der Waals surface area contributed by atoms with Gasteiger partial charge in [-0.1, -0.05) is 19.9 Å². The summed E-state index contributed by atoms with van der Waals surface area (Å²) < 4.78 is 0. The molecule has 7 nitrogen and oxygen atoms in total. The standard InChI is InChI=1S/C22H30N4O3/c1-13(2)18(20(28)26-25-19(27)17-5-3-4-6-23-17)24-21(29)22-10-14-7-15(11-22)9-16(8-14)12-22/h3-6,13-16,18H,7-12H2,1-2H3,(H,24,29)(H,25,27)(H,26,28)/t14?,15?,16?,18-,22?/m1/s1. The molecule has 5 rings (SSSR count). The molecule has 0 spiro atoms. The van der Waals surface area contributed by atoms with Gasteiger partial charge < -0.3 is 5.32 Å². The molecular weight excluding hydrogens is 368 g/mol. The lowest BCUT2D eigenvalue weighted by molar-refractivity contribution is -0.149. The zero-order valence-corrected chi connectivity index (χ0v) is 17.1. The van der Waals surface area contributed by atoms with Crippen LogP contribution in [0.1, 0.15) is 62.9 Å². The Morgan fingerprint density at radius 1 is 1.00 bits per heavy atom. The van der Waals surface area contributed by atoms with Crippen molar-refractivity contribution in [2.45, 2.75) is 58.4 Å². The van der Waals surface area contributed by atoms with Gasteiger partial charge in [0.1, 0.15) is 11.7 Å². The summed E-state index contributed by atoms with van der Waals surface area (Å²) in [5, 5.41) is 3.02. The van der Waals surface area contributed by atoms with Crippen molar-refractivity contribution in [1.29, 1.82) is 0 Å². The second-order valence-corrected chi connectivity index (χ2v) is 9.55. The monoisotopic (exact) mass is 398 g/mol. The highest BCUT2D eigenvalue weighted by molar-refractivity contribution is 5.95. The van der Waals surface area contributed by atoms with E-state index in [2.05, 4.69) is 21.2 Å². The van der Waals surface area contributed by atoms with Gasteiger partial charge in [0, 0.05) is 11.6 Å². The third-order valence-corrected chi connectivity index (χ3v) is 6.95. The molecule has 29 heavy (non-hydrogen) atoms. The Morgan fingerprint density at radius 2 is 1.62 bits per heavy atom. The van der Waals surface area contributed by atoms with Crippen molar-refractivity contribution >= 4 is 17.7 Å². The molecule has 1 atom stereocenters. The molecule has 4 aliphatic carbocycles. The van der Waals surface area contributed by atoms with Crippen LogP contribution < -0.4 is 16.2 Å². The number of carbonyl (C=O) groups is 3. The highest BCUT2D eigenvalue weighted by Crippen LogP contribution is 2.60. The van der Waals surface area contributed by atoms with Gasteiger partial charge in [0.2, 0.25) is 5.91 Å². The number of pyridine rings is 1. The summed E-state index contributed by atoms with van der Waals surface area (Å²) >= 11 is 0. The number of rotatable bonds is 5. The van der Waals surface area contributed by atoms with Gasteiger partial charge in [0.05, 0.1) is 0 Å². The largest absolute Gasteiger partial charge is 0.344 e. The zero-order valence-electron chi connectivity index (χ0n) is 17.1. The summed E-state index contributed by atoms with van der Waals surface area (Å²) in [6.07, 6.45) is 8.16. The van der Waals surface area contributed by atoms with E-state index in [1.807, 2.05) is 13.8 Å². The van der Waals surface area contributed by atoms with Crippen LogP contribution in [0.2, 0.25) is 0 Å². The van der Waals surface area contributed by atoms with Crippen LogP contribution in [0.15, 0.2) is 24.4 Å². The van der Waals surface area contributed by atoms with E-state index < -0.39 is 17.9 Å². The molecule has 0 radical (unpaired) electrons. The van der Waals surface area contributed by atoms with E-state index in [9.17, 15) is 14.4 Å². The second-order valence-electron chi connectivity index (χ2n) is 9.55. The summed E-state index contributed by atoms with van der Waals surface area (Å²) in [7, 11) is 0. The molecule has 7 heteroatoms. The average Bonchev–Trinajstić information content (AvgIpc) is 2.69. The Morgan fingerprint density at radius 3 is 2.14 bits per heavy atom. The number of hydrazine groups is 1. The smallest absolute Gasteiger partial charge is 0.288 e. The van der Waals surface area contributed by atoms with E-state index in [0.29, 0.717) is 17.8 Å². The number of hydrogen-bond donors (Lipinski definition) is 3. The lowest BCUT2D eigenvalue weighted by Crippen LogP contribution is -2.59. The molecule has 1 heterocycles. The minimum atomic E-state index is -0.695. The fourth-order valence-electron chi connectivity index (χ4n) is 5.98. The predicted octanol–water partition coefficient (Wildman–Crippen LogP) is 2.20. The van der Waals surface area contributed by atoms with Gasteiger partial charge in [-0.25, -0.2) is 0 Å². The molecule has 4 aliphatic rings. The molecule has 1 aromatic heterocycles. The topological polar surface area (TPSA) is 100 Å². The Balaban J connectivity index is 1.38. The van der Waals surface area contributed by atoms with Crippen LogP contribution in [0.4, 0.5) is 0 Å². The Hall–Kier alpha value is -2.44. The van der Waals surface area contributed by atoms with Crippen molar-refractivity contribution in [3.63, 3.8) is 0 Å². The Bertz CT molecular complexity index is 757. The van der Waals surface area contributed by atoms with Gasteiger partial charge in [0.25, 0.3) is 11.8 Å². The van der Waals surface area contributed by atoms with Crippen molar-refractivity contribution in [2.75, 3.05) is 0 Å². The van der Waals surface area contributed by atoms with Gasteiger partial charge in [0.15, 0.2) is 0 Å². The number of nitrogens with one attached hydrogen (secondary N) is 3. The third kappa shape index (κ3) is 4.00. The quantitative estimate of drug-likeness (QED) is 0.662. The first kappa shape index (κ1) is 19.9. The van der Waals surface area contributed by atoms with E-state index in [4.69, 9.17) is 0 Å². The predicted molar refractivity (Wildman–Crippen MR) is 107 cm³/mol. The Labute approximate surface area is 171 Å². The first-order valence-electron chi connectivity index (χ1n) is 10.7. The van der Waals surface area contributed by atoms with Crippen LogP contribution in [0, 0.1) is 29.1 Å². The number of amides is 3. The maximum absolute atomic E-state index is 13.3. The fraction of sp³-hybridized carbons (Fsp3) is 0.636. The first-order chi connectivity index (χ1) is 13.9. The van der Waals surface area contributed by atoms with Gasteiger partial charge in [-0.15, -0.1) is 0 Å². The summed E-state index contributed by atoms with van der Waals surface area (Å²) in [5.41, 5.74) is 4.75. The molecular formula is C22H30N4O3. The first-order valence-corrected chi connectivity index (χ1v) is 10.7. The molecule has 0 aromatic carbocycles. The molecule has 1 aromatic rings. The number of hydrogen-bond acceptors (Lipinski definition) is 4.